The molecule has 1 nitrogen and oxygen atoms in total. The summed E-state index contributed by atoms with van der Waals surface area (Å²) < 4.78 is 0. The van der Waals surface area contributed by atoms with Crippen molar-refractivity contribution in [3.05, 3.63) is 35.4 Å². The van der Waals surface area contributed by atoms with Crippen molar-refractivity contribution in [2.45, 2.75) is 38.5 Å². The Morgan fingerprint density at radius 2 is 1.94 bits per heavy atom. The van der Waals surface area contributed by atoms with Gasteiger partial charge < -0.3 is 5.32 Å². The van der Waals surface area contributed by atoms with E-state index in [1.165, 1.54) is 11.1 Å². The van der Waals surface area contributed by atoms with E-state index in [-0.39, 0.29) is 0 Å². The van der Waals surface area contributed by atoms with Crippen molar-refractivity contribution in [1.29, 1.82) is 0 Å². The highest BCUT2D eigenvalue weighted by atomic mass is 32.2. The van der Waals surface area contributed by atoms with E-state index < -0.39 is 0 Å². The molecule has 0 fully saturated rings. The summed E-state index contributed by atoms with van der Waals surface area (Å²) in [7, 11) is 0. The molecule has 16 heavy (non-hydrogen) atoms. The Hall–Kier alpha value is -0.470. The van der Waals surface area contributed by atoms with Gasteiger partial charge in [-0.05, 0) is 37.7 Å². The molecule has 2 heteroatoms. The second-order valence-corrected chi connectivity index (χ2v) is 5.76. The van der Waals surface area contributed by atoms with E-state index in [2.05, 4.69) is 56.6 Å². The van der Waals surface area contributed by atoms with Gasteiger partial charge in [0.05, 0.1) is 0 Å². The Bertz CT molecular complexity index is 311. The van der Waals surface area contributed by atoms with Crippen LogP contribution in [0, 0.1) is 6.92 Å². The number of hydrogen-bond donors (Lipinski definition) is 1. The number of aryl methyl sites for hydroxylation is 1. The van der Waals surface area contributed by atoms with E-state index in [0.29, 0.717) is 11.3 Å². The molecule has 0 aromatic heterocycles. The molecular formula is C14H23NS. The third-order valence-corrected chi connectivity index (χ3v) is 3.91. The van der Waals surface area contributed by atoms with E-state index in [4.69, 9.17) is 0 Å². The first kappa shape index (κ1) is 13.6. The van der Waals surface area contributed by atoms with E-state index in [0.717, 1.165) is 13.0 Å². The van der Waals surface area contributed by atoms with Gasteiger partial charge in [0.15, 0.2) is 0 Å². The third kappa shape index (κ3) is 4.58. The Kier molecular flexibility index (Phi) is 5.93. The molecule has 1 aromatic carbocycles. The van der Waals surface area contributed by atoms with Gasteiger partial charge in [0, 0.05) is 17.8 Å². The smallest absolute Gasteiger partial charge is 0.0141 e. The average Bonchev–Trinajstić information content (AvgIpc) is 2.29. The van der Waals surface area contributed by atoms with Crippen molar-refractivity contribution in [2.24, 2.45) is 0 Å². The maximum atomic E-state index is 3.59. The second-order valence-electron chi connectivity index (χ2n) is 4.49. The molecule has 0 aliphatic heterocycles. The Labute approximate surface area is 104 Å². The summed E-state index contributed by atoms with van der Waals surface area (Å²) in [5.41, 5.74) is 2.85. The predicted molar refractivity (Wildman–Crippen MR) is 75.3 cm³/mol. The van der Waals surface area contributed by atoms with Gasteiger partial charge in [0.1, 0.15) is 0 Å². The number of hydrogen-bond acceptors (Lipinski definition) is 2. The van der Waals surface area contributed by atoms with Crippen LogP contribution in [0.1, 0.15) is 25.0 Å². The standard InChI is InChI=1S/C14H23NS/c1-11-7-5-6-8-14(11)9-12(2)15-10-13(3)16-4/h5-8,12-13,15H,9-10H2,1-4H3. The van der Waals surface area contributed by atoms with Crippen LogP contribution in [0.5, 0.6) is 0 Å². The van der Waals surface area contributed by atoms with Crippen molar-refractivity contribution < 1.29 is 0 Å². The highest BCUT2D eigenvalue weighted by Crippen LogP contribution is 2.10. The molecule has 2 unspecified atom stereocenters. The molecule has 1 aromatic rings. The first-order valence-corrected chi connectivity index (χ1v) is 7.23. The predicted octanol–water partition coefficient (Wildman–Crippen LogP) is 3.27. The Morgan fingerprint density at radius 1 is 1.25 bits per heavy atom. The minimum absolute atomic E-state index is 0.552. The van der Waals surface area contributed by atoms with Gasteiger partial charge in [-0.3, -0.25) is 0 Å². The lowest BCUT2D eigenvalue weighted by molar-refractivity contribution is 0.547. The molecule has 0 bridgehead atoms. The summed E-state index contributed by atoms with van der Waals surface area (Å²) in [6.07, 6.45) is 3.28. The van der Waals surface area contributed by atoms with Crippen molar-refractivity contribution in [3.8, 4) is 0 Å². The minimum Gasteiger partial charge on any atom is -0.313 e. The Balaban J connectivity index is 2.40. The van der Waals surface area contributed by atoms with Crippen molar-refractivity contribution in [2.75, 3.05) is 12.8 Å². The van der Waals surface area contributed by atoms with Crippen LogP contribution in [0.3, 0.4) is 0 Å². The highest BCUT2D eigenvalue weighted by Gasteiger charge is 2.06. The SMILES string of the molecule is CSC(C)CNC(C)Cc1ccccc1C. The minimum atomic E-state index is 0.552. The fourth-order valence-corrected chi connectivity index (χ4v) is 1.95. The Morgan fingerprint density at radius 3 is 2.56 bits per heavy atom. The van der Waals surface area contributed by atoms with E-state index >= 15 is 0 Å². The maximum absolute atomic E-state index is 3.59. The zero-order chi connectivity index (χ0) is 12.0. The topological polar surface area (TPSA) is 12.0 Å². The number of rotatable bonds is 6. The lowest BCUT2D eigenvalue weighted by Crippen LogP contribution is -2.33. The molecule has 0 aliphatic rings. The zero-order valence-electron chi connectivity index (χ0n) is 10.8. The van der Waals surface area contributed by atoms with Crippen LogP contribution in [0.2, 0.25) is 0 Å². The summed E-state index contributed by atoms with van der Waals surface area (Å²) in [6, 6.07) is 9.19. The molecule has 0 saturated heterocycles. The van der Waals surface area contributed by atoms with Crippen LogP contribution >= 0.6 is 11.8 Å². The quantitative estimate of drug-likeness (QED) is 0.815. The second kappa shape index (κ2) is 6.97. The van der Waals surface area contributed by atoms with Crippen molar-refractivity contribution >= 4 is 11.8 Å². The summed E-state index contributed by atoms with van der Waals surface area (Å²) in [5, 5.41) is 4.28. The van der Waals surface area contributed by atoms with E-state index in [9.17, 15) is 0 Å². The van der Waals surface area contributed by atoms with Crippen LogP contribution in [0.25, 0.3) is 0 Å². The van der Waals surface area contributed by atoms with Gasteiger partial charge in [0.25, 0.3) is 0 Å². The molecule has 0 saturated carbocycles. The van der Waals surface area contributed by atoms with E-state index in [1.807, 2.05) is 11.8 Å². The molecule has 1 rings (SSSR count). The molecule has 0 aliphatic carbocycles. The molecule has 0 radical (unpaired) electrons. The summed E-state index contributed by atoms with van der Waals surface area (Å²) in [4.78, 5) is 0. The zero-order valence-corrected chi connectivity index (χ0v) is 11.6. The van der Waals surface area contributed by atoms with Crippen molar-refractivity contribution in [1.82, 2.24) is 5.32 Å². The van der Waals surface area contributed by atoms with Gasteiger partial charge in [-0.15, -0.1) is 0 Å². The molecule has 1 N–H and O–H groups in total. The lowest BCUT2D eigenvalue weighted by atomic mass is 10.0. The normalized spacial score (nSPS) is 14.8. The fraction of sp³-hybridized carbons (Fsp3) is 0.571. The van der Waals surface area contributed by atoms with Gasteiger partial charge in [-0.2, -0.15) is 11.8 Å². The number of benzene rings is 1. The van der Waals surface area contributed by atoms with Gasteiger partial charge in [0.2, 0.25) is 0 Å². The molecule has 2 atom stereocenters. The molecule has 0 spiro atoms. The molecule has 90 valence electrons. The first-order chi connectivity index (χ1) is 7.63. The third-order valence-electron chi connectivity index (χ3n) is 2.94. The van der Waals surface area contributed by atoms with Gasteiger partial charge >= 0.3 is 0 Å². The molecular weight excluding hydrogens is 214 g/mol. The van der Waals surface area contributed by atoms with Crippen molar-refractivity contribution in [3.63, 3.8) is 0 Å². The average molecular weight is 237 g/mol. The van der Waals surface area contributed by atoms with Crippen LogP contribution in [0.4, 0.5) is 0 Å². The van der Waals surface area contributed by atoms with Crippen LogP contribution in [-0.2, 0) is 6.42 Å². The highest BCUT2D eigenvalue weighted by molar-refractivity contribution is 7.99. The number of nitrogens with one attached hydrogen (secondary N) is 1. The van der Waals surface area contributed by atoms with E-state index in [1.54, 1.807) is 0 Å². The van der Waals surface area contributed by atoms with Crippen LogP contribution in [-0.4, -0.2) is 24.1 Å². The van der Waals surface area contributed by atoms with Gasteiger partial charge in [-0.25, -0.2) is 0 Å². The van der Waals surface area contributed by atoms with Gasteiger partial charge in [-0.1, -0.05) is 31.2 Å². The van der Waals surface area contributed by atoms with Crippen LogP contribution in [0.15, 0.2) is 24.3 Å². The molecule has 0 heterocycles. The first-order valence-electron chi connectivity index (χ1n) is 5.94. The maximum Gasteiger partial charge on any atom is 0.0141 e. The number of thioether (sulfide) groups is 1. The summed E-state index contributed by atoms with van der Waals surface area (Å²) >= 11 is 1.91. The lowest BCUT2D eigenvalue weighted by Gasteiger charge is -2.17. The largest absolute Gasteiger partial charge is 0.313 e. The summed E-state index contributed by atoms with van der Waals surface area (Å²) in [5.74, 6) is 0. The fourth-order valence-electron chi connectivity index (χ4n) is 1.69. The van der Waals surface area contributed by atoms with Crippen LogP contribution < -0.4 is 5.32 Å². The molecule has 0 amide bonds. The monoisotopic (exact) mass is 237 g/mol. The summed E-state index contributed by atoms with van der Waals surface area (Å²) in [6.45, 7) is 7.80.